The highest BCUT2D eigenvalue weighted by molar-refractivity contribution is 5.52. The average Bonchev–Trinajstić information content (AvgIpc) is 3.00. The normalized spacial score (nSPS) is 20.0. The fourth-order valence-electron chi connectivity index (χ4n) is 2.74. The molecular weight excluding hydrogens is 252 g/mol. The van der Waals surface area contributed by atoms with Crippen molar-refractivity contribution in [1.29, 1.82) is 0 Å². The predicted octanol–water partition coefficient (Wildman–Crippen LogP) is 2.41. The van der Waals surface area contributed by atoms with E-state index >= 15 is 0 Å². The van der Waals surface area contributed by atoms with E-state index < -0.39 is 0 Å². The van der Waals surface area contributed by atoms with Crippen LogP contribution in [0.4, 0.5) is 0 Å². The van der Waals surface area contributed by atoms with Crippen LogP contribution in [-0.2, 0) is 5.41 Å². The number of piperidine rings is 1. The monoisotopic (exact) mass is 272 g/mol. The zero-order valence-corrected chi connectivity index (χ0v) is 12.0. The van der Waals surface area contributed by atoms with Gasteiger partial charge in [-0.1, -0.05) is 19.0 Å². The molecule has 1 aliphatic rings. The molecule has 3 rings (SSSR count). The third-order valence-corrected chi connectivity index (χ3v) is 4.21. The number of pyridine rings is 1. The van der Waals surface area contributed by atoms with Gasteiger partial charge in [0.15, 0.2) is 0 Å². The first-order valence-electron chi connectivity index (χ1n) is 7.13. The number of nitrogens with one attached hydrogen (secondary N) is 1. The van der Waals surface area contributed by atoms with Gasteiger partial charge in [-0.15, -0.1) is 0 Å². The summed E-state index contributed by atoms with van der Waals surface area (Å²) in [6, 6.07) is 3.82. The summed E-state index contributed by atoms with van der Waals surface area (Å²) in [5.74, 6) is 1.86. The maximum absolute atomic E-state index is 5.52. The van der Waals surface area contributed by atoms with Gasteiger partial charge in [-0.05, 0) is 44.0 Å². The molecule has 0 amide bonds. The van der Waals surface area contributed by atoms with E-state index in [4.69, 9.17) is 4.52 Å². The molecule has 0 spiro atoms. The second-order valence-electron chi connectivity index (χ2n) is 5.93. The van der Waals surface area contributed by atoms with Gasteiger partial charge in [-0.25, -0.2) is 0 Å². The molecule has 1 N–H and O–H groups in total. The van der Waals surface area contributed by atoms with E-state index in [1.54, 1.807) is 12.4 Å². The Labute approximate surface area is 118 Å². The van der Waals surface area contributed by atoms with E-state index in [0.717, 1.165) is 18.7 Å². The van der Waals surface area contributed by atoms with Gasteiger partial charge in [0.05, 0.1) is 0 Å². The van der Waals surface area contributed by atoms with E-state index in [9.17, 15) is 0 Å². The molecule has 5 nitrogen and oxygen atoms in total. The Morgan fingerprint density at radius 1 is 1.40 bits per heavy atom. The lowest BCUT2D eigenvalue weighted by Crippen LogP contribution is -2.40. The molecule has 1 unspecified atom stereocenters. The zero-order chi connectivity index (χ0) is 14.0. The highest BCUT2D eigenvalue weighted by Crippen LogP contribution is 2.35. The molecule has 2 aromatic heterocycles. The summed E-state index contributed by atoms with van der Waals surface area (Å²) in [5, 5.41) is 7.55. The van der Waals surface area contributed by atoms with Gasteiger partial charge < -0.3 is 9.84 Å². The SMILES string of the molecule is CC(C)(c1nc(-c2cccnc2)no1)C1CCCNC1. The van der Waals surface area contributed by atoms with Crippen LogP contribution in [0.2, 0.25) is 0 Å². The van der Waals surface area contributed by atoms with Crippen molar-refractivity contribution in [1.82, 2.24) is 20.4 Å². The van der Waals surface area contributed by atoms with Crippen LogP contribution in [0.1, 0.15) is 32.6 Å². The van der Waals surface area contributed by atoms with Crippen LogP contribution >= 0.6 is 0 Å². The predicted molar refractivity (Wildman–Crippen MR) is 76.1 cm³/mol. The molecule has 0 saturated carbocycles. The highest BCUT2D eigenvalue weighted by Gasteiger charge is 2.37. The van der Waals surface area contributed by atoms with E-state index in [2.05, 4.69) is 34.3 Å². The molecule has 1 saturated heterocycles. The van der Waals surface area contributed by atoms with E-state index in [1.807, 2.05) is 12.1 Å². The van der Waals surface area contributed by atoms with Gasteiger partial charge >= 0.3 is 0 Å². The number of nitrogens with zero attached hydrogens (tertiary/aromatic N) is 3. The molecular formula is C15H20N4O. The van der Waals surface area contributed by atoms with Gasteiger partial charge in [0.1, 0.15) is 0 Å². The maximum atomic E-state index is 5.52. The van der Waals surface area contributed by atoms with Crippen LogP contribution < -0.4 is 5.32 Å². The van der Waals surface area contributed by atoms with Crippen LogP contribution in [0.5, 0.6) is 0 Å². The molecule has 3 heterocycles. The number of hydrogen-bond acceptors (Lipinski definition) is 5. The van der Waals surface area contributed by atoms with Crippen LogP contribution in [-0.4, -0.2) is 28.2 Å². The van der Waals surface area contributed by atoms with Gasteiger partial charge in [0.2, 0.25) is 11.7 Å². The minimum absolute atomic E-state index is 0.110. The summed E-state index contributed by atoms with van der Waals surface area (Å²) < 4.78 is 5.52. The van der Waals surface area contributed by atoms with E-state index in [-0.39, 0.29) is 5.41 Å². The minimum Gasteiger partial charge on any atom is -0.338 e. The lowest BCUT2D eigenvalue weighted by Gasteiger charge is -2.34. The molecule has 2 aromatic rings. The van der Waals surface area contributed by atoms with Crippen molar-refractivity contribution in [3.05, 3.63) is 30.4 Å². The smallest absolute Gasteiger partial charge is 0.232 e. The van der Waals surface area contributed by atoms with Gasteiger partial charge in [-0.2, -0.15) is 4.98 Å². The Bertz CT molecular complexity index is 558. The Hall–Kier alpha value is -1.75. The molecule has 1 aliphatic heterocycles. The molecule has 5 heteroatoms. The van der Waals surface area contributed by atoms with Crippen LogP contribution in [0.15, 0.2) is 29.0 Å². The Kier molecular flexibility index (Phi) is 3.53. The first-order chi connectivity index (χ1) is 9.68. The molecule has 1 fully saturated rings. The van der Waals surface area contributed by atoms with Crippen molar-refractivity contribution in [2.45, 2.75) is 32.1 Å². The minimum atomic E-state index is -0.110. The third-order valence-electron chi connectivity index (χ3n) is 4.21. The molecule has 20 heavy (non-hydrogen) atoms. The lowest BCUT2D eigenvalue weighted by atomic mass is 9.75. The summed E-state index contributed by atoms with van der Waals surface area (Å²) in [6.07, 6.45) is 5.90. The van der Waals surface area contributed by atoms with Crippen molar-refractivity contribution in [2.75, 3.05) is 13.1 Å². The van der Waals surface area contributed by atoms with Crippen molar-refractivity contribution < 1.29 is 4.52 Å². The second kappa shape index (κ2) is 5.32. The molecule has 0 aromatic carbocycles. The van der Waals surface area contributed by atoms with Crippen LogP contribution in [0.3, 0.4) is 0 Å². The second-order valence-corrected chi connectivity index (χ2v) is 5.93. The fraction of sp³-hybridized carbons (Fsp3) is 0.533. The average molecular weight is 272 g/mol. The molecule has 0 bridgehead atoms. The third kappa shape index (κ3) is 2.45. The van der Waals surface area contributed by atoms with Crippen molar-refractivity contribution in [3.8, 4) is 11.4 Å². The maximum Gasteiger partial charge on any atom is 0.232 e. The van der Waals surface area contributed by atoms with Gasteiger partial charge in [0, 0.05) is 23.4 Å². The largest absolute Gasteiger partial charge is 0.338 e. The Morgan fingerprint density at radius 3 is 3.00 bits per heavy atom. The summed E-state index contributed by atoms with van der Waals surface area (Å²) in [4.78, 5) is 8.67. The standard InChI is InChI=1S/C15H20N4O/c1-15(2,12-6-4-8-17-10-12)14-18-13(19-20-14)11-5-3-7-16-9-11/h3,5,7,9,12,17H,4,6,8,10H2,1-2H3. The number of hydrogen-bond donors (Lipinski definition) is 1. The summed E-state index contributed by atoms with van der Waals surface area (Å²) in [6.45, 7) is 6.49. The van der Waals surface area contributed by atoms with Crippen molar-refractivity contribution >= 4 is 0 Å². The van der Waals surface area contributed by atoms with Crippen molar-refractivity contribution in [3.63, 3.8) is 0 Å². The Balaban J connectivity index is 1.85. The van der Waals surface area contributed by atoms with Crippen molar-refractivity contribution in [2.24, 2.45) is 5.92 Å². The molecule has 1 atom stereocenters. The van der Waals surface area contributed by atoms with E-state index in [0.29, 0.717) is 17.6 Å². The summed E-state index contributed by atoms with van der Waals surface area (Å²) in [7, 11) is 0. The molecule has 0 radical (unpaired) electrons. The molecule has 106 valence electrons. The quantitative estimate of drug-likeness (QED) is 0.929. The van der Waals surface area contributed by atoms with Crippen LogP contribution in [0, 0.1) is 5.92 Å². The fourth-order valence-corrected chi connectivity index (χ4v) is 2.74. The van der Waals surface area contributed by atoms with Gasteiger partial charge in [0.25, 0.3) is 0 Å². The van der Waals surface area contributed by atoms with E-state index in [1.165, 1.54) is 12.8 Å². The van der Waals surface area contributed by atoms with Gasteiger partial charge in [-0.3, -0.25) is 4.98 Å². The number of rotatable bonds is 3. The highest BCUT2D eigenvalue weighted by atomic mass is 16.5. The summed E-state index contributed by atoms with van der Waals surface area (Å²) >= 11 is 0. The zero-order valence-electron chi connectivity index (χ0n) is 12.0. The molecule has 0 aliphatic carbocycles. The Morgan fingerprint density at radius 2 is 2.30 bits per heavy atom. The topological polar surface area (TPSA) is 63.8 Å². The lowest BCUT2D eigenvalue weighted by molar-refractivity contribution is 0.196. The number of aromatic nitrogens is 3. The van der Waals surface area contributed by atoms with Crippen LogP contribution in [0.25, 0.3) is 11.4 Å². The first-order valence-corrected chi connectivity index (χ1v) is 7.13. The summed E-state index contributed by atoms with van der Waals surface area (Å²) in [5.41, 5.74) is 0.779. The first kappa shape index (κ1) is 13.2.